The van der Waals surface area contributed by atoms with E-state index in [2.05, 4.69) is 17.3 Å². The van der Waals surface area contributed by atoms with Crippen molar-refractivity contribution in [1.29, 1.82) is 0 Å². The van der Waals surface area contributed by atoms with E-state index in [1.54, 1.807) is 0 Å². The minimum Gasteiger partial charge on any atom is -0.283 e. The maximum absolute atomic E-state index is 3.84. The third-order valence-corrected chi connectivity index (χ3v) is 0.691. The fraction of sp³-hybridized carbons (Fsp3) is 0.400. The van der Waals surface area contributed by atoms with Crippen molar-refractivity contribution in [3.63, 3.8) is 0 Å². The van der Waals surface area contributed by atoms with Gasteiger partial charge in [-0.2, -0.15) is 0 Å². The normalized spacial score (nSPS) is 18.7. The largest absolute Gasteiger partial charge is 0.283 e. The maximum Gasteiger partial charge on any atom is 0.0823 e. The van der Waals surface area contributed by atoms with Gasteiger partial charge in [-0.05, 0) is 12.5 Å². The molecule has 0 bridgehead atoms. The van der Waals surface area contributed by atoms with Crippen molar-refractivity contribution < 1.29 is 0 Å². The molecule has 1 heteroatoms. The zero-order chi connectivity index (χ0) is 4.24. The summed E-state index contributed by atoms with van der Waals surface area (Å²) < 4.78 is 0. The highest BCUT2D eigenvalue weighted by Gasteiger charge is 1.79. The lowest BCUT2D eigenvalue weighted by Gasteiger charge is -1.87. The molecule has 1 aliphatic rings. The van der Waals surface area contributed by atoms with Crippen LogP contribution < -0.4 is 0 Å². The lowest BCUT2D eigenvalue weighted by molar-refractivity contribution is 1.00. The van der Waals surface area contributed by atoms with E-state index in [9.17, 15) is 0 Å². The Labute approximate surface area is 37.4 Å². The number of aliphatic imine (C=N–C) groups is 1. The standard InChI is InChI=1S/C5H6N/c1-2-4-6-5-3-1/h1-2H,3,5H2. The average Bonchev–Trinajstić information content (AvgIpc) is 1.72. The molecule has 31 valence electrons. The van der Waals surface area contributed by atoms with Gasteiger partial charge >= 0.3 is 0 Å². The molecule has 0 aliphatic carbocycles. The zero-order valence-electron chi connectivity index (χ0n) is 3.52. The molecule has 0 spiro atoms. The zero-order valence-corrected chi connectivity index (χ0v) is 3.52. The van der Waals surface area contributed by atoms with Crippen molar-refractivity contribution in [2.75, 3.05) is 6.54 Å². The van der Waals surface area contributed by atoms with E-state index in [1.165, 1.54) is 0 Å². The second-order valence-electron chi connectivity index (χ2n) is 1.20. The fourth-order valence-corrected chi connectivity index (χ4v) is 0.392. The van der Waals surface area contributed by atoms with Gasteiger partial charge in [0.15, 0.2) is 0 Å². The first-order valence-corrected chi connectivity index (χ1v) is 2.07. The molecule has 0 amide bonds. The first-order chi connectivity index (χ1) is 3.00. The Balaban J connectivity index is 2.46. The van der Waals surface area contributed by atoms with Crippen molar-refractivity contribution in [2.45, 2.75) is 6.42 Å². The summed E-state index contributed by atoms with van der Waals surface area (Å²) in [4.78, 5) is 3.84. The van der Waals surface area contributed by atoms with Crippen LogP contribution in [-0.2, 0) is 0 Å². The van der Waals surface area contributed by atoms with Gasteiger partial charge in [-0.1, -0.05) is 6.08 Å². The molecule has 0 saturated carbocycles. The van der Waals surface area contributed by atoms with Crippen LogP contribution in [0.3, 0.4) is 0 Å². The van der Waals surface area contributed by atoms with Crippen LogP contribution in [0.15, 0.2) is 17.1 Å². The van der Waals surface area contributed by atoms with Crippen LogP contribution in [0.5, 0.6) is 0 Å². The van der Waals surface area contributed by atoms with E-state index in [1.807, 2.05) is 6.08 Å². The van der Waals surface area contributed by atoms with E-state index in [4.69, 9.17) is 0 Å². The van der Waals surface area contributed by atoms with Crippen LogP contribution >= 0.6 is 0 Å². The summed E-state index contributed by atoms with van der Waals surface area (Å²) in [6.07, 6.45) is 7.73. The summed E-state index contributed by atoms with van der Waals surface area (Å²) >= 11 is 0. The predicted molar refractivity (Wildman–Crippen MR) is 26.1 cm³/mol. The Bertz CT molecular complexity index is 69.9. The Hall–Kier alpha value is -0.590. The molecule has 0 unspecified atom stereocenters. The van der Waals surface area contributed by atoms with Crippen molar-refractivity contribution in [1.82, 2.24) is 0 Å². The third-order valence-electron chi connectivity index (χ3n) is 0.691. The van der Waals surface area contributed by atoms with Crippen LogP contribution in [0.4, 0.5) is 0 Å². The van der Waals surface area contributed by atoms with E-state index in [-0.39, 0.29) is 0 Å². The molecule has 1 aliphatic heterocycles. The molecule has 0 aromatic carbocycles. The summed E-state index contributed by atoms with van der Waals surface area (Å²) in [6, 6.07) is 0. The van der Waals surface area contributed by atoms with E-state index < -0.39 is 0 Å². The lowest BCUT2D eigenvalue weighted by atomic mass is 10.3. The van der Waals surface area contributed by atoms with Crippen molar-refractivity contribution in [2.24, 2.45) is 4.99 Å². The SMILES string of the molecule is [C]1=NCCC=C1. The summed E-state index contributed by atoms with van der Waals surface area (Å²) in [5.41, 5.74) is 0. The summed E-state index contributed by atoms with van der Waals surface area (Å²) in [5.74, 6) is 0. The molecular weight excluding hydrogens is 74.1 g/mol. The van der Waals surface area contributed by atoms with Crippen molar-refractivity contribution in [3.8, 4) is 0 Å². The van der Waals surface area contributed by atoms with Crippen molar-refractivity contribution in [3.05, 3.63) is 12.2 Å². The highest BCUT2D eigenvalue weighted by molar-refractivity contribution is 5.71. The van der Waals surface area contributed by atoms with Gasteiger partial charge in [0, 0.05) is 6.54 Å². The first-order valence-electron chi connectivity index (χ1n) is 2.07. The second kappa shape index (κ2) is 1.75. The Morgan fingerprint density at radius 1 is 1.67 bits per heavy atom. The number of hydrogen-bond acceptors (Lipinski definition) is 1. The molecule has 0 atom stereocenters. The average molecular weight is 80.1 g/mol. The third kappa shape index (κ3) is 0.677. The first kappa shape index (κ1) is 3.59. The van der Waals surface area contributed by atoms with Gasteiger partial charge in [0.1, 0.15) is 0 Å². The van der Waals surface area contributed by atoms with Gasteiger partial charge in [0.25, 0.3) is 0 Å². The molecule has 1 nitrogen and oxygen atoms in total. The summed E-state index contributed by atoms with van der Waals surface area (Å²) in [6.45, 7) is 0.927. The molecule has 1 radical (unpaired) electrons. The quantitative estimate of drug-likeness (QED) is 0.410. The minimum absolute atomic E-state index is 0.927. The number of hydrogen-bond donors (Lipinski definition) is 0. The highest BCUT2D eigenvalue weighted by Crippen LogP contribution is 1.87. The van der Waals surface area contributed by atoms with Gasteiger partial charge in [0.2, 0.25) is 0 Å². The van der Waals surface area contributed by atoms with Gasteiger partial charge in [-0.15, -0.1) is 0 Å². The number of dihydropyridines is 1. The van der Waals surface area contributed by atoms with E-state index >= 15 is 0 Å². The second-order valence-corrected chi connectivity index (χ2v) is 1.20. The maximum atomic E-state index is 3.84. The van der Waals surface area contributed by atoms with Gasteiger partial charge in [-0.3, -0.25) is 4.99 Å². The number of nitrogens with zero attached hydrogens (tertiary/aromatic N) is 1. The molecule has 0 aromatic heterocycles. The summed E-state index contributed by atoms with van der Waals surface area (Å²) in [5, 5.41) is 0. The topological polar surface area (TPSA) is 12.4 Å². The molecule has 0 N–H and O–H groups in total. The Morgan fingerprint density at radius 3 is 2.83 bits per heavy atom. The lowest BCUT2D eigenvalue weighted by Crippen LogP contribution is -1.81. The smallest absolute Gasteiger partial charge is 0.0823 e. The number of rotatable bonds is 0. The molecule has 6 heavy (non-hydrogen) atoms. The number of allylic oxidation sites excluding steroid dienone is 1. The fourth-order valence-electron chi connectivity index (χ4n) is 0.392. The Kier molecular flexibility index (Phi) is 1.05. The molecule has 0 aromatic rings. The molecule has 0 saturated heterocycles. The van der Waals surface area contributed by atoms with Crippen LogP contribution in [0, 0.1) is 0 Å². The molecule has 1 rings (SSSR count). The van der Waals surface area contributed by atoms with Gasteiger partial charge in [0.05, 0.1) is 6.21 Å². The highest BCUT2D eigenvalue weighted by atomic mass is 14.7. The molecule has 0 fully saturated rings. The van der Waals surface area contributed by atoms with Crippen molar-refractivity contribution >= 4 is 6.21 Å². The molecule has 1 heterocycles. The predicted octanol–water partition coefficient (Wildman–Crippen LogP) is 0.894. The van der Waals surface area contributed by atoms with Crippen LogP contribution in [0.2, 0.25) is 0 Å². The monoisotopic (exact) mass is 80.1 g/mol. The Morgan fingerprint density at radius 2 is 2.67 bits per heavy atom. The van der Waals surface area contributed by atoms with E-state index in [0.717, 1.165) is 13.0 Å². The van der Waals surface area contributed by atoms with Gasteiger partial charge in [-0.25, -0.2) is 0 Å². The van der Waals surface area contributed by atoms with Crippen LogP contribution in [0.1, 0.15) is 6.42 Å². The molecular formula is C5H6N. The minimum atomic E-state index is 0.927. The summed E-state index contributed by atoms with van der Waals surface area (Å²) in [7, 11) is 0. The van der Waals surface area contributed by atoms with Crippen LogP contribution in [-0.4, -0.2) is 12.8 Å². The van der Waals surface area contributed by atoms with E-state index in [0.29, 0.717) is 0 Å². The van der Waals surface area contributed by atoms with Gasteiger partial charge < -0.3 is 0 Å². The van der Waals surface area contributed by atoms with Crippen LogP contribution in [0.25, 0.3) is 0 Å².